The maximum Gasteiger partial charge on any atom is 0.248 e. The molecule has 2 aromatic carbocycles. The van der Waals surface area contributed by atoms with Gasteiger partial charge in [-0.15, -0.1) is 10.2 Å². The number of rotatable bonds is 6. The van der Waals surface area contributed by atoms with E-state index in [-0.39, 0.29) is 18.2 Å². The van der Waals surface area contributed by atoms with Gasteiger partial charge in [-0.05, 0) is 31.0 Å². The lowest BCUT2D eigenvalue weighted by Crippen LogP contribution is -2.24. The van der Waals surface area contributed by atoms with Crippen molar-refractivity contribution in [3.8, 4) is 11.5 Å². The normalized spacial score (nSPS) is 11.6. The maximum absolute atomic E-state index is 12.2. The minimum absolute atomic E-state index is 0.0347. The Balaban J connectivity index is 1.66. The molecule has 1 heterocycles. The summed E-state index contributed by atoms with van der Waals surface area (Å²) in [5.74, 6) is 0.519. The molecule has 1 N–H and O–H groups in total. The van der Waals surface area contributed by atoms with Gasteiger partial charge in [-0.2, -0.15) is 0 Å². The number of aromatic nitrogens is 2. The quantitative estimate of drug-likeness (QED) is 0.733. The second-order valence-electron chi connectivity index (χ2n) is 5.89. The van der Waals surface area contributed by atoms with Gasteiger partial charge in [0.1, 0.15) is 0 Å². The van der Waals surface area contributed by atoms with Crippen LogP contribution < -0.4 is 4.72 Å². The van der Waals surface area contributed by atoms with Gasteiger partial charge in [-0.25, -0.2) is 13.1 Å². The lowest BCUT2D eigenvalue weighted by molar-refractivity contribution is 0.494. The molecule has 0 aliphatic rings. The summed E-state index contributed by atoms with van der Waals surface area (Å²) in [5.41, 5.74) is 3.60. The zero-order valence-electron chi connectivity index (χ0n) is 14.1. The van der Waals surface area contributed by atoms with Gasteiger partial charge >= 0.3 is 0 Å². The van der Waals surface area contributed by atoms with Gasteiger partial charge in [0.15, 0.2) is 0 Å². The lowest BCUT2D eigenvalue weighted by atomic mass is 10.1. The topological polar surface area (TPSA) is 85.1 Å². The first-order valence-corrected chi connectivity index (χ1v) is 9.49. The molecule has 0 saturated heterocycles. The third-order valence-corrected chi connectivity index (χ3v) is 5.02. The van der Waals surface area contributed by atoms with Crippen LogP contribution >= 0.6 is 0 Å². The van der Waals surface area contributed by atoms with Crippen LogP contribution in [0.4, 0.5) is 0 Å². The highest BCUT2D eigenvalue weighted by atomic mass is 32.2. The van der Waals surface area contributed by atoms with Crippen molar-refractivity contribution in [2.45, 2.75) is 26.1 Å². The number of nitrogens with one attached hydrogen (secondary N) is 1. The van der Waals surface area contributed by atoms with Gasteiger partial charge in [0.05, 0.1) is 12.3 Å². The Hall–Kier alpha value is -2.51. The molecule has 7 heteroatoms. The molecule has 3 aromatic rings. The van der Waals surface area contributed by atoms with Crippen molar-refractivity contribution in [1.82, 2.24) is 14.9 Å². The summed E-state index contributed by atoms with van der Waals surface area (Å²) < 4.78 is 32.5. The van der Waals surface area contributed by atoms with Crippen molar-refractivity contribution in [1.29, 1.82) is 0 Å². The highest BCUT2D eigenvalue weighted by molar-refractivity contribution is 7.88. The molecule has 0 bridgehead atoms. The fourth-order valence-corrected chi connectivity index (χ4v) is 3.55. The molecule has 1 aromatic heterocycles. The van der Waals surface area contributed by atoms with Crippen LogP contribution in [0, 0.1) is 13.8 Å². The summed E-state index contributed by atoms with van der Waals surface area (Å²) >= 11 is 0. The van der Waals surface area contributed by atoms with Crippen molar-refractivity contribution in [2.24, 2.45) is 0 Å². The molecule has 0 amide bonds. The van der Waals surface area contributed by atoms with E-state index in [0.29, 0.717) is 5.89 Å². The average molecular weight is 357 g/mol. The molecule has 0 radical (unpaired) electrons. The molecule has 0 atom stereocenters. The molecule has 0 aliphatic carbocycles. The van der Waals surface area contributed by atoms with Gasteiger partial charge < -0.3 is 4.42 Å². The maximum atomic E-state index is 12.2. The molecule has 0 fully saturated rings. The van der Waals surface area contributed by atoms with Crippen LogP contribution in [0.25, 0.3) is 11.5 Å². The minimum Gasteiger partial charge on any atom is -0.419 e. The molecule has 6 nitrogen and oxygen atoms in total. The van der Waals surface area contributed by atoms with E-state index in [1.54, 1.807) is 6.07 Å². The molecule has 0 aliphatic heterocycles. The van der Waals surface area contributed by atoms with E-state index in [4.69, 9.17) is 4.42 Å². The molecular formula is C18H19N3O3S. The van der Waals surface area contributed by atoms with E-state index in [2.05, 4.69) is 14.9 Å². The summed E-state index contributed by atoms with van der Waals surface area (Å²) in [6, 6.07) is 15.0. The van der Waals surface area contributed by atoms with Gasteiger partial charge in [-0.1, -0.05) is 48.0 Å². The van der Waals surface area contributed by atoms with Crippen molar-refractivity contribution in [3.63, 3.8) is 0 Å². The van der Waals surface area contributed by atoms with Crippen LogP contribution in [0.3, 0.4) is 0 Å². The van der Waals surface area contributed by atoms with E-state index >= 15 is 0 Å². The second-order valence-corrected chi connectivity index (χ2v) is 7.69. The van der Waals surface area contributed by atoms with Crippen LogP contribution in [0.5, 0.6) is 0 Å². The van der Waals surface area contributed by atoms with E-state index < -0.39 is 10.0 Å². The number of benzene rings is 2. The van der Waals surface area contributed by atoms with Gasteiger partial charge in [0, 0.05) is 5.56 Å². The average Bonchev–Trinajstić information content (AvgIpc) is 3.02. The summed E-state index contributed by atoms with van der Waals surface area (Å²) in [5, 5.41) is 7.91. The number of hydrogen-bond acceptors (Lipinski definition) is 5. The smallest absolute Gasteiger partial charge is 0.248 e. The monoisotopic (exact) mass is 357 g/mol. The molecular weight excluding hydrogens is 338 g/mol. The summed E-state index contributed by atoms with van der Waals surface area (Å²) in [6.07, 6.45) is 0. The third kappa shape index (κ3) is 4.52. The first-order chi connectivity index (χ1) is 11.9. The first-order valence-electron chi connectivity index (χ1n) is 7.84. The Morgan fingerprint density at radius 2 is 1.84 bits per heavy atom. The van der Waals surface area contributed by atoms with Gasteiger partial charge in [-0.3, -0.25) is 0 Å². The predicted octanol–water partition coefficient (Wildman–Crippen LogP) is 2.97. The molecule has 0 saturated carbocycles. The predicted molar refractivity (Wildman–Crippen MR) is 95.1 cm³/mol. The highest BCUT2D eigenvalue weighted by Gasteiger charge is 2.15. The van der Waals surface area contributed by atoms with E-state index in [1.807, 2.05) is 56.3 Å². The standard InChI is InChI=1S/C18H19N3O3S/c1-13-6-5-8-15(10-13)12-25(22,23)19-11-17-20-21-18(24-17)16-9-4-3-7-14(16)2/h3-10,19H,11-12H2,1-2H3. The molecule has 0 unspecified atom stereocenters. The fraction of sp³-hybridized carbons (Fsp3) is 0.222. The van der Waals surface area contributed by atoms with E-state index in [1.165, 1.54) is 0 Å². The van der Waals surface area contributed by atoms with Crippen molar-refractivity contribution in [2.75, 3.05) is 0 Å². The Bertz CT molecular complexity index is 980. The molecule has 3 rings (SSSR count). The zero-order valence-corrected chi connectivity index (χ0v) is 14.9. The van der Waals surface area contributed by atoms with Crippen molar-refractivity contribution < 1.29 is 12.8 Å². The zero-order chi connectivity index (χ0) is 17.9. The lowest BCUT2D eigenvalue weighted by Gasteiger charge is -2.05. The summed E-state index contributed by atoms with van der Waals surface area (Å²) in [6.45, 7) is 3.84. The third-order valence-electron chi connectivity index (χ3n) is 3.72. The molecule has 0 spiro atoms. The van der Waals surface area contributed by atoms with Crippen molar-refractivity contribution >= 4 is 10.0 Å². The number of sulfonamides is 1. The van der Waals surface area contributed by atoms with Gasteiger partial charge in [0.2, 0.25) is 21.8 Å². The number of aryl methyl sites for hydroxylation is 2. The molecule has 25 heavy (non-hydrogen) atoms. The minimum atomic E-state index is -3.49. The number of hydrogen-bond donors (Lipinski definition) is 1. The SMILES string of the molecule is Cc1cccc(CS(=O)(=O)NCc2nnc(-c3ccccc3C)o2)c1. The summed E-state index contributed by atoms with van der Waals surface area (Å²) in [7, 11) is -3.49. The Morgan fingerprint density at radius 1 is 1.04 bits per heavy atom. The number of nitrogens with zero attached hydrogens (tertiary/aromatic N) is 2. The summed E-state index contributed by atoms with van der Waals surface area (Å²) in [4.78, 5) is 0. The van der Waals surface area contributed by atoms with Crippen LogP contribution in [0.1, 0.15) is 22.6 Å². The highest BCUT2D eigenvalue weighted by Crippen LogP contribution is 2.21. The first kappa shape index (κ1) is 17.3. The van der Waals surface area contributed by atoms with Crippen LogP contribution in [-0.4, -0.2) is 18.6 Å². The Labute approximate surface area is 147 Å². The largest absolute Gasteiger partial charge is 0.419 e. The van der Waals surface area contributed by atoms with Crippen LogP contribution in [0.15, 0.2) is 52.9 Å². The fourth-order valence-electron chi connectivity index (χ4n) is 2.49. The van der Waals surface area contributed by atoms with Gasteiger partial charge in [0.25, 0.3) is 0 Å². The van der Waals surface area contributed by atoms with E-state index in [9.17, 15) is 8.42 Å². The van der Waals surface area contributed by atoms with E-state index in [0.717, 1.165) is 22.3 Å². The Morgan fingerprint density at radius 3 is 2.60 bits per heavy atom. The Kier molecular flexibility index (Phi) is 4.96. The molecule has 130 valence electrons. The van der Waals surface area contributed by atoms with Crippen molar-refractivity contribution in [3.05, 3.63) is 71.1 Å². The van der Waals surface area contributed by atoms with Crippen LogP contribution in [0.2, 0.25) is 0 Å². The second kappa shape index (κ2) is 7.16. The van der Waals surface area contributed by atoms with Crippen LogP contribution in [-0.2, 0) is 22.3 Å².